The van der Waals surface area contributed by atoms with Crippen molar-refractivity contribution in [2.75, 3.05) is 0 Å². The number of aromatic amines is 1. The highest BCUT2D eigenvalue weighted by Gasteiger charge is 2.15. The maximum absolute atomic E-state index is 12.3. The standard InChI is InChI=1S/C15H11N3O2S/c19-13(10-6-2-1-3-7-10)17-14(20)18-12-9-5-4-8-11(12)16-15(18)21/h1-9H,(H,16,21)(H,17,19,20). The number of imide groups is 1. The number of rotatable bonds is 1. The van der Waals surface area contributed by atoms with Crippen LogP contribution in [0.3, 0.4) is 0 Å². The van der Waals surface area contributed by atoms with Crippen molar-refractivity contribution in [3.8, 4) is 0 Å². The maximum atomic E-state index is 12.3. The van der Waals surface area contributed by atoms with Crippen molar-refractivity contribution in [2.24, 2.45) is 0 Å². The summed E-state index contributed by atoms with van der Waals surface area (Å²) in [6.07, 6.45) is 0. The van der Waals surface area contributed by atoms with E-state index in [0.717, 1.165) is 5.52 Å². The van der Waals surface area contributed by atoms with Crippen molar-refractivity contribution in [3.05, 3.63) is 64.9 Å². The number of fused-ring (bicyclic) bond motifs is 1. The molecule has 0 radical (unpaired) electrons. The first-order valence-corrected chi connectivity index (χ1v) is 6.68. The number of imidazole rings is 1. The summed E-state index contributed by atoms with van der Waals surface area (Å²) in [6.45, 7) is 0. The second kappa shape index (κ2) is 5.34. The van der Waals surface area contributed by atoms with Gasteiger partial charge >= 0.3 is 6.03 Å². The molecule has 0 aliphatic rings. The van der Waals surface area contributed by atoms with Gasteiger partial charge in [-0.05, 0) is 36.5 Å². The van der Waals surface area contributed by atoms with Crippen LogP contribution in [0.5, 0.6) is 0 Å². The summed E-state index contributed by atoms with van der Waals surface area (Å²) >= 11 is 5.13. The second-order valence-electron chi connectivity index (χ2n) is 4.41. The first kappa shape index (κ1) is 13.3. The Kier molecular flexibility index (Phi) is 3.37. The summed E-state index contributed by atoms with van der Waals surface area (Å²) in [4.78, 5) is 27.2. The Labute approximate surface area is 125 Å². The Morgan fingerprint density at radius 1 is 1.00 bits per heavy atom. The minimum atomic E-state index is -0.577. The molecule has 0 saturated heterocycles. The molecule has 0 atom stereocenters. The minimum absolute atomic E-state index is 0.245. The number of nitrogens with one attached hydrogen (secondary N) is 2. The lowest BCUT2D eigenvalue weighted by molar-refractivity contribution is 0.0964. The van der Waals surface area contributed by atoms with Gasteiger partial charge in [0.2, 0.25) is 0 Å². The summed E-state index contributed by atoms with van der Waals surface area (Å²) in [7, 11) is 0. The van der Waals surface area contributed by atoms with Crippen LogP contribution in [0.1, 0.15) is 10.4 Å². The lowest BCUT2D eigenvalue weighted by atomic mass is 10.2. The van der Waals surface area contributed by atoms with Crippen LogP contribution in [0, 0.1) is 4.77 Å². The van der Waals surface area contributed by atoms with E-state index in [0.29, 0.717) is 11.1 Å². The molecule has 104 valence electrons. The molecule has 2 aromatic carbocycles. The molecule has 1 aromatic heterocycles. The van der Waals surface area contributed by atoms with Crippen LogP contribution in [0.15, 0.2) is 54.6 Å². The molecule has 0 bridgehead atoms. The highest BCUT2D eigenvalue weighted by molar-refractivity contribution is 7.71. The molecular formula is C15H11N3O2S. The Bertz CT molecular complexity index is 881. The largest absolute Gasteiger partial charge is 0.335 e. The fourth-order valence-electron chi connectivity index (χ4n) is 2.07. The average molecular weight is 297 g/mol. The van der Waals surface area contributed by atoms with E-state index in [1.165, 1.54) is 4.57 Å². The van der Waals surface area contributed by atoms with E-state index < -0.39 is 11.9 Å². The van der Waals surface area contributed by atoms with Gasteiger partial charge < -0.3 is 4.98 Å². The smallest absolute Gasteiger partial charge is 0.330 e. The van der Waals surface area contributed by atoms with E-state index in [-0.39, 0.29) is 4.77 Å². The van der Waals surface area contributed by atoms with E-state index in [1.807, 2.05) is 12.1 Å². The summed E-state index contributed by atoms with van der Waals surface area (Å²) in [5.41, 5.74) is 1.78. The van der Waals surface area contributed by atoms with Gasteiger partial charge in [0.15, 0.2) is 4.77 Å². The third kappa shape index (κ3) is 2.48. The van der Waals surface area contributed by atoms with Crippen LogP contribution in [0.4, 0.5) is 4.79 Å². The molecule has 0 aliphatic carbocycles. The number of carbonyl (C=O) groups is 2. The first-order chi connectivity index (χ1) is 10.2. The topological polar surface area (TPSA) is 66.9 Å². The normalized spacial score (nSPS) is 10.5. The second-order valence-corrected chi connectivity index (χ2v) is 4.79. The summed E-state index contributed by atoms with van der Waals surface area (Å²) < 4.78 is 1.51. The Balaban J connectivity index is 1.93. The van der Waals surface area contributed by atoms with Crippen molar-refractivity contribution in [3.63, 3.8) is 0 Å². The van der Waals surface area contributed by atoms with Gasteiger partial charge in [0, 0.05) is 5.56 Å². The SMILES string of the molecule is O=C(NC(=O)n1c(=S)[nH]c2ccccc21)c1ccccc1. The van der Waals surface area contributed by atoms with Gasteiger partial charge in [0.25, 0.3) is 5.91 Å². The number of hydrogen-bond donors (Lipinski definition) is 2. The summed E-state index contributed by atoms with van der Waals surface area (Å²) in [5.74, 6) is -0.465. The van der Waals surface area contributed by atoms with Crippen molar-refractivity contribution < 1.29 is 9.59 Å². The van der Waals surface area contributed by atoms with Gasteiger partial charge in [0.05, 0.1) is 11.0 Å². The molecule has 0 aliphatic heterocycles. The number of amides is 2. The zero-order chi connectivity index (χ0) is 14.8. The van der Waals surface area contributed by atoms with Gasteiger partial charge in [-0.25, -0.2) is 9.36 Å². The monoisotopic (exact) mass is 297 g/mol. The molecule has 2 N–H and O–H groups in total. The number of H-pyrrole nitrogens is 1. The molecule has 21 heavy (non-hydrogen) atoms. The molecule has 3 aromatic rings. The van der Waals surface area contributed by atoms with Crippen LogP contribution in [-0.2, 0) is 0 Å². The molecule has 0 saturated carbocycles. The van der Waals surface area contributed by atoms with E-state index in [9.17, 15) is 9.59 Å². The molecule has 0 spiro atoms. The third-order valence-electron chi connectivity index (χ3n) is 3.05. The predicted octanol–water partition coefficient (Wildman–Crippen LogP) is 3.10. The van der Waals surface area contributed by atoms with E-state index >= 15 is 0 Å². The highest BCUT2D eigenvalue weighted by atomic mass is 32.1. The van der Waals surface area contributed by atoms with E-state index in [4.69, 9.17) is 12.2 Å². The number of para-hydroxylation sites is 2. The predicted molar refractivity (Wildman–Crippen MR) is 81.8 cm³/mol. The molecule has 5 nitrogen and oxygen atoms in total. The van der Waals surface area contributed by atoms with Crippen molar-refractivity contribution in [2.45, 2.75) is 0 Å². The highest BCUT2D eigenvalue weighted by Crippen LogP contribution is 2.13. The third-order valence-corrected chi connectivity index (χ3v) is 3.33. The Morgan fingerprint density at radius 2 is 1.67 bits per heavy atom. The van der Waals surface area contributed by atoms with Crippen molar-refractivity contribution >= 4 is 35.2 Å². The fourth-order valence-corrected chi connectivity index (χ4v) is 2.36. The number of hydrogen-bond acceptors (Lipinski definition) is 3. The first-order valence-electron chi connectivity index (χ1n) is 6.27. The van der Waals surface area contributed by atoms with E-state index in [2.05, 4.69) is 10.3 Å². The Hall–Kier alpha value is -2.73. The van der Waals surface area contributed by atoms with Crippen LogP contribution in [0.2, 0.25) is 0 Å². The van der Waals surface area contributed by atoms with Crippen LogP contribution < -0.4 is 5.32 Å². The van der Waals surface area contributed by atoms with Crippen LogP contribution >= 0.6 is 12.2 Å². The maximum Gasteiger partial charge on any atom is 0.335 e. The quantitative estimate of drug-likeness (QED) is 0.678. The molecule has 0 unspecified atom stereocenters. The van der Waals surface area contributed by atoms with Crippen molar-refractivity contribution in [1.82, 2.24) is 14.9 Å². The lowest BCUT2D eigenvalue weighted by Crippen LogP contribution is -2.34. The molecule has 3 rings (SSSR count). The minimum Gasteiger partial charge on any atom is -0.330 e. The van der Waals surface area contributed by atoms with Gasteiger partial charge in [-0.2, -0.15) is 0 Å². The molecule has 1 heterocycles. The zero-order valence-corrected chi connectivity index (χ0v) is 11.7. The summed E-state index contributed by atoms with van der Waals surface area (Å²) in [6, 6.07) is 15.2. The van der Waals surface area contributed by atoms with Gasteiger partial charge in [0.1, 0.15) is 0 Å². The summed E-state index contributed by atoms with van der Waals surface area (Å²) in [5, 5.41) is 2.33. The number of benzene rings is 2. The number of aromatic nitrogens is 2. The van der Waals surface area contributed by atoms with Crippen molar-refractivity contribution in [1.29, 1.82) is 0 Å². The number of nitrogens with zero attached hydrogens (tertiary/aromatic N) is 1. The van der Waals surface area contributed by atoms with Crippen LogP contribution in [0.25, 0.3) is 11.0 Å². The van der Waals surface area contributed by atoms with E-state index in [1.54, 1.807) is 42.5 Å². The molecular weight excluding hydrogens is 286 g/mol. The molecule has 6 heteroatoms. The lowest BCUT2D eigenvalue weighted by Gasteiger charge is -2.05. The van der Waals surface area contributed by atoms with Gasteiger partial charge in [-0.3, -0.25) is 10.1 Å². The van der Waals surface area contributed by atoms with Gasteiger partial charge in [-0.1, -0.05) is 30.3 Å². The average Bonchev–Trinajstić information content (AvgIpc) is 2.83. The molecule has 0 fully saturated rings. The van der Waals surface area contributed by atoms with Gasteiger partial charge in [-0.15, -0.1) is 0 Å². The zero-order valence-electron chi connectivity index (χ0n) is 10.9. The fraction of sp³-hybridized carbons (Fsp3) is 0. The number of carbonyl (C=O) groups excluding carboxylic acids is 2. The Morgan fingerprint density at radius 3 is 2.43 bits per heavy atom. The molecule has 2 amide bonds. The van der Waals surface area contributed by atoms with Crippen LogP contribution in [-0.4, -0.2) is 21.5 Å².